The Labute approximate surface area is 129 Å². The van der Waals surface area contributed by atoms with E-state index in [0.29, 0.717) is 11.2 Å². The summed E-state index contributed by atoms with van der Waals surface area (Å²) in [7, 11) is 0. The van der Waals surface area contributed by atoms with Gasteiger partial charge in [0.15, 0.2) is 5.78 Å². The second-order valence-corrected chi connectivity index (χ2v) is 9.24. The Morgan fingerprint density at radius 1 is 1.25 bits per heavy atom. The van der Waals surface area contributed by atoms with Crippen LogP contribution in [0.2, 0.25) is 4.34 Å². The summed E-state index contributed by atoms with van der Waals surface area (Å²) in [4.78, 5) is 13.5. The van der Waals surface area contributed by atoms with Gasteiger partial charge in [0.1, 0.15) is 0 Å². The molecule has 0 atom stereocenters. The van der Waals surface area contributed by atoms with Gasteiger partial charge in [-0.25, -0.2) is 0 Å². The predicted octanol–water partition coefficient (Wildman–Crippen LogP) is 5.50. The summed E-state index contributed by atoms with van der Waals surface area (Å²) in [5, 5.41) is 0. The average Bonchev–Trinajstić information content (AvgIpc) is 2.67. The fourth-order valence-electron chi connectivity index (χ4n) is 5.53. The summed E-state index contributed by atoms with van der Waals surface area (Å²) in [5.74, 6) is 3.10. The Balaban J connectivity index is 1.55. The molecule has 1 heterocycles. The Hall–Kier alpha value is -0.340. The van der Waals surface area contributed by atoms with E-state index >= 15 is 0 Å². The second kappa shape index (κ2) is 4.58. The summed E-state index contributed by atoms with van der Waals surface area (Å²) < 4.78 is 0.777. The van der Waals surface area contributed by atoms with Gasteiger partial charge in [-0.15, -0.1) is 11.3 Å². The number of thiophene rings is 1. The van der Waals surface area contributed by atoms with Crippen LogP contribution in [0.4, 0.5) is 0 Å². The molecular formula is C17H21ClOS. The second-order valence-electron chi connectivity index (χ2n) is 7.58. The summed E-state index contributed by atoms with van der Waals surface area (Å²) in [6.45, 7) is 1.99. The molecule has 0 spiro atoms. The summed E-state index contributed by atoms with van der Waals surface area (Å²) in [6, 6.07) is 1.98. The molecule has 4 aliphatic carbocycles. The van der Waals surface area contributed by atoms with E-state index in [-0.39, 0.29) is 0 Å². The zero-order chi connectivity index (χ0) is 13.9. The lowest BCUT2D eigenvalue weighted by molar-refractivity contribution is -0.0523. The molecule has 0 N–H and O–H groups in total. The van der Waals surface area contributed by atoms with Crippen molar-refractivity contribution >= 4 is 28.7 Å². The number of carbonyl (C=O) groups excluding carboxylic acids is 1. The largest absolute Gasteiger partial charge is 0.293 e. The fraction of sp³-hybridized carbons (Fsp3) is 0.706. The quantitative estimate of drug-likeness (QED) is 0.674. The standard InChI is InChI=1S/C17H21ClOS/c1-10-2-15(20-16(10)18)14(19)9-17-6-11-3-12(7-17)5-13(4-11)8-17/h2,11-13H,3-9H2,1H3. The molecule has 5 rings (SSSR count). The van der Waals surface area contributed by atoms with Gasteiger partial charge < -0.3 is 0 Å². The number of halogens is 1. The van der Waals surface area contributed by atoms with Gasteiger partial charge in [0, 0.05) is 6.42 Å². The third kappa shape index (κ3) is 2.16. The lowest BCUT2D eigenvalue weighted by atomic mass is 9.48. The predicted molar refractivity (Wildman–Crippen MR) is 83.6 cm³/mol. The van der Waals surface area contributed by atoms with Gasteiger partial charge in [0.25, 0.3) is 0 Å². The maximum Gasteiger partial charge on any atom is 0.173 e. The first-order valence-corrected chi connectivity index (χ1v) is 9.02. The highest BCUT2D eigenvalue weighted by atomic mass is 35.5. The molecule has 4 bridgehead atoms. The molecule has 0 unspecified atom stereocenters. The monoisotopic (exact) mass is 308 g/mol. The van der Waals surface area contributed by atoms with E-state index in [9.17, 15) is 4.79 Å². The number of rotatable bonds is 3. The minimum atomic E-state index is 0.340. The lowest BCUT2D eigenvalue weighted by Gasteiger charge is -2.56. The first-order valence-electron chi connectivity index (χ1n) is 7.82. The molecule has 1 aromatic rings. The molecule has 4 saturated carbocycles. The molecule has 0 aromatic carbocycles. The maximum absolute atomic E-state index is 12.6. The average molecular weight is 309 g/mol. The zero-order valence-corrected chi connectivity index (χ0v) is 13.5. The number of hydrogen-bond acceptors (Lipinski definition) is 2. The molecule has 1 nitrogen and oxygen atoms in total. The summed E-state index contributed by atoms with van der Waals surface area (Å²) >= 11 is 7.58. The Bertz CT molecular complexity index is 505. The highest BCUT2D eigenvalue weighted by Crippen LogP contribution is 2.61. The van der Waals surface area contributed by atoms with Crippen molar-refractivity contribution in [2.45, 2.75) is 51.9 Å². The van der Waals surface area contributed by atoms with Crippen molar-refractivity contribution in [3.63, 3.8) is 0 Å². The molecule has 0 saturated heterocycles. The van der Waals surface area contributed by atoms with Crippen LogP contribution in [0.15, 0.2) is 6.07 Å². The normalized spacial score (nSPS) is 38.4. The topological polar surface area (TPSA) is 17.1 Å². The van der Waals surface area contributed by atoms with Gasteiger partial charge in [-0.05, 0) is 80.2 Å². The zero-order valence-electron chi connectivity index (χ0n) is 12.0. The van der Waals surface area contributed by atoms with E-state index in [2.05, 4.69) is 0 Å². The van der Waals surface area contributed by atoms with Crippen LogP contribution in [0.5, 0.6) is 0 Å². The van der Waals surface area contributed by atoms with E-state index < -0.39 is 0 Å². The van der Waals surface area contributed by atoms with Gasteiger partial charge >= 0.3 is 0 Å². The third-order valence-corrected chi connectivity index (χ3v) is 7.43. The SMILES string of the molecule is Cc1cc(C(=O)CC23CC4CC(CC(C4)C2)C3)sc1Cl. The molecule has 20 heavy (non-hydrogen) atoms. The van der Waals surface area contributed by atoms with Crippen molar-refractivity contribution in [1.82, 2.24) is 0 Å². The van der Waals surface area contributed by atoms with Crippen molar-refractivity contribution in [2.24, 2.45) is 23.2 Å². The number of carbonyl (C=O) groups is 1. The van der Waals surface area contributed by atoms with Crippen molar-refractivity contribution in [3.8, 4) is 0 Å². The lowest BCUT2D eigenvalue weighted by Crippen LogP contribution is -2.46. The third-order valence-electron chi connectivity index (χ3n) is 5.83. The minimum absolute atomic E-state index is 0.340. The van der Waals surface area contributed by atoms with Gasteiger partial charge in [-0.3, -0.25) is 4.79 Å². The van der Waals surface area contributed by atoms with Gasteiger partial charge in [0.05, 0.1) is 9.21 Å². The molecule has 4 fully saturated rings. The maximum atomic E-state index is 12.6. The van der Waals surface area contributed by atoms with Crippen LogP contribution in [0.3, 0.4) is 0 Å². The van der Waals surface area contributed by atoms with E-state index in [1.807, 2.05) is 13.0 Å². The molecule has 0 aliphatic heterocycles. The minimum Gasteiger partial charge on any atom is -0.293 e. The number of Topliss-reactive ketones (excluding diaryl/α,β-unsaturated/α-hetero) is 1. The Morgan fingerprint density at radius 2 is 1.80 bits per heavy atom. The summed E-state index contributed by atoms with van der Waals surface area (Å²) in [6.07, 6.45) is 9.02. The van der Waals surface area contributed by atoms with E-state index in [1.54, 1.807) is 0 Å². The number of aryl methyl sites for hydroxylation is 1. The Morgan fingerprint density at radius 3 is 2.25 bits per heavy atom. The van der Waals surface area contributed by atoms with E-state index in [1.165, 1.54) is 49.9 Å². The molecule has 0 amide bonds. The molecule has 0 radical (unpaired) electrons. The fourth-order valence-corrected chi connectivity index (χ4v) is 6.67. The van der Waals surface area contributed by atoms with Crippen molar-refractivity contribution in [3.05, 3.63) is 20.8 Å². The highest BCUT2D eigenvalue weighted by molar-refractivity contribution is 7.18. The molecular weight excluding hydrogens is 288 g/mol. The molecule has 4 aliphatic rings. The van der Waals surface area contributed by atoms with Crippen molar-refractivity contribution < 1.29 is 4.79 Å². The molecule has 108 valence electrons. The van der Waals surface area contributed by atoms with Crippen LogP contribution in [-0.4, -0.2) is 5.78 Å². The van der Waals surface area contributed by atoms with E-state index in [0.717, 1.165) is 39.0 Å². The van der Waals surface area contributed by atoms with Gasteiger partial charge in [-0.2, -0.15) is 0 Å². The van der Waals surface area contributed by atoms with Crippen LogP contribution in [0.25, 0.3) is 0 Å². The van der Waals surface area contributed by atoms with Crippen LogP contribution in [0.1, 0.15) is 60.2 Å². The van der Waals surface area contributed by atoms with Crippen molar-refractivity contribution in [1.29, 1.82) is 0 Å². The summed E-state index contributed by atoms with van der Waals surface area (Å²) in [5.41, 5.74) is 1.39. The first-order chi connectivity index (χ1) is 9.53. The van der Waals surface area contributed by atoms with Gasteiger partial charge in [0.2, 0.25) is 0 Å². The van der Waals surface area contributed by atoms with Crippen LogP contribution < -0.4 is 0 Å². The van der Waals surface area contributed by atoms with Crippen molar-refractivity contribution in [2.75, 3.05) is 0 Å². The highest BCUT2D eigenvalue weighted by Gasteiger charge is 2.51. The van der Waals surface area contributed by atoms with Crippen LogP contribution in [0, 0.1) is 30.1 Å². The first kappa shape index (κ1) is 13.3. The molecule has 1 aromatic heterocycles. The molecule has 3 heteroatoms. The van der Waals surface area contributed by atoms with Crippen LogP contribution >= 0.6 is 22.9 Å². The van der Waals surface area contributed by atoms with Crippen LogP contribution in [-0.2, 0) is 0 Å². The number of hydrogen-bond donors (Lipinski definition) is 0. The smallest absolute Gasteiger partial charge is 0.173 e. The Kier molecular flexibility index (Phi) is 3.05. The number of ketones is 1. The van der Waals surface area contributed by atoms with Gasteiger partial charge in [-0.1, -0.05) is 11.6 Å². The van der Waals surface area contributed by atoms with E-state index in [4.69, 9.17) is 11.6 Å².